The molecule has 1 saturated heterocycles. The Morgan fingerprint density at radius 3 is 2.78 bits per heavy atom. The van der Waals surface area contributed by atoms with E-state index in [4.69, 9.17) is 23.2 Å². The molecule has 1 atom stereocenters. The van der Waals surface area contributed by atoms with Crippen LogP contribution in [0.25, 0.3) is 16.8 Å². The number of benzene rings is 2. The summed E-state index contributed by atoms with van der Waals surface area (Å²) in [6.07, 6.45) is 6.42. The van der Waals surface area contributed by atoms with Gasteiger partial charge in [0.1, 0.15) is 0 Å². The first kappa shape index (κ1) is 18.1. The van der Waals surface area contributed by atoms with Gasteiger partial charge >= 0.3 is 0 Å². The van der Waals surface area contributed by atoms with E-state index in [1.807, 2.05) is 41.1 Å². The number of halogens is 2. The molecule has 1 aliphatic heterocycles. The monoisotopic (exact) mass is 399 g/mol. The molecule has 2 aromatic carbocycles. The van der Waals surface area contributed by atoms with Crippen LogP contribution in [-0.2, 0) is 11.2 Å². The lowest BCUT2D eigenvalue weighted by Crippen LogP contribution is -2.37. The van der Waals surface area contributed by atoms with Crippen molar-refractivity contribution in [3.63, 3.8) is 0 Å². The van der Waals surface area contributed by atoms with Gasteiger partial charge in [-0.2, -0.15) is 0 Å². The minimum atomic E-state index is 0.0182. The Morgan fingerprint density at radius 1 is 1.11 bits per heavy atom. The van der Waals surface area contributed by atoms with Crippen LogP contribution in [-0.4, -0.2) is 22.0 Å². The van der Waals surface area contributed by atoms with Crippen molar-refractivity contribution in [2.75, 3.05) is 6.54 Å². The molecule has 0 bridgehead atoms. The zero-order chi connectivity index (χ0) is 18.8. The summed E-state index contributed by atoms with van der Waals surface area (Å²) >= 11 is 12.2. The van der Waals surface area contributed by atoms with Gasteiger partial charge in [-0.1, -0.05) is 41.4 Å². The summed E-state index contributed by atoms with van der Waals surface area (Å²) in [6, 6.07) is 13.8. The molecule has 1 unspecified atom stereocenters. The summed E-state index contributed by atoms with van der Waals surface area (Å²) in [7, 11) is 0. The van der Waals surface area contributed by atoms with Gasteiger partial charge in [-0.05, 0) is 48.2 Å². The van der Waals surface area contributed by atoms with Gasteiger partial charge in [-0.15, -0.1) is 0 Å². The zero-order valence-corrected chi connectivity index (χ0v) is 16.2. The highest BCUT2D eigenvalue weighted by Crippen LogP contribution is 2.29. The zero-order valence-electron chi connectivity index (χ0n) is 14.7. The van der Waals surface area contributed by atoms with Crippen molar-refractivity contribution in [1.29, 1.82) is 0 Å². The molecule has 1 amide bonds. The SMILES string of the molecule is O=C1NCCCC1Cc1cn(-c2cccc(-c3ccc(Cl)c(Cl)c3)c2)cn1. The molecule has 0 spiro atoms. The van der Waals surface area contributed by atoms with Crippen molar-refractivity contribution in [2.24, 2.45) is 5.92 Å². The summed E-state index contributed by atoms with van der Waals surface area (Å²) in [4.78, 5) is 16.5. The molecule has 1 aromatic heterocycles. The number of nitrogens with zero attached hydrogens (tertiary/aromatic N) is 2. The van der Waals surface area contributed by atoms with E-state index in [9.17, 15) is 4.79 Å². The molecular formula is C21H19Cl2N3O. The molecule has 6 heteroatoms. The third-order valence-electron chi connectivity index (χ3n) is 4.89. The van der Waals surface area contributed by atoms with Crippen LogP contribution < -0.4 is 5.32 Å². The van der Waals surface area contributed by atoms with Crippen LogP contribution in [0.2, 0.25) is 10.0 Å². The van der Waals surface area contributed by atoms with Gasteiger partial charge in [0, 0.05) is 30.8 Å². The van der Waals surface area contributed by atoms with Gasteiger partial charge < -0.3 is 9.88 Å². The third-order valence-corrected chi connectivity index (χ3v) is 5.63. The Kier molecular flexibility index (Phi) is 5.19. The van der Waals surface area contributed by atoms with E-state index in [0.29, 0.717) is 16.5 Å². The second-order valence-electron chi connectivity index (χ2n) is 6.79. The quantitative estimate of drug-likeness (QED) is 0.676. The molecule has 0 aliphatic carbocycles. The van der Waals surface area contributed by atoms with E-state index in [0.717, 1.165) is 41.9 Å². The molecule has 4 nitrogen and oxygen atoms in total. The van der Waals surface area contributed by atoms with Gasteiger partial charge in [0.05, 0.1) is 22.1 Å². The molecular weight excluding hydrogens is 381 g/mol. The number of amides is 1. The Labute approximate surface area is 168 Å². The molecule has 1 N–H and O–H groups in total. The smallest absolute Gasteiger partial charge is 0.223 e. The number of imidazole rings is 1. The Bertz CT molecular complexity index is 983. The van der Waals surface area contributed by atoms with Crippen LogP contribution in [0.3, 0.4) is 0 Å². The first-order chi connectivity index (χ1) is 13.1. The van der Waals surface area contributed by atoms with Gasteiger partial charge in [0.2, 0.25) is 5.91 Å². The van der Waals surface area contributed by atoms with E-state index >= 15 is 0 Å². The first-order valence-corrected chi connectivity index (χ1v) is 9.72. The normalized spacial score (nSPS) is 17.0. The molecule has 3 aromatic rings. The van der Waals surface area contributed by atoms with Crippen molar-refractivity contribution in [3.8, 4) is 16.8 Å². The molecule has 1 fully saturated rings. The number of hydrogen-bond acceptors (Lipinski definition) is 2. The highest BCUT2D eigenvalue weighted by atomic mass is 35.5. The topological polar surface area (TPSA) is 46.9 Å². The number of hydrogen-bond donors (Lipinski definition) is 1. The van der Waals surface area contributed by atoms with E-state index < -0.39 is 0 Å². The summed E-state index contributed by atoms with van der Waals surface area (Å²) < 4.78 is 1.98. The lowest BCUT2D eigenvalue weighted by atomic mass is 9.94. The van der Waals surface area contributed by atoms with E-state index in [1.54, 1.807) is 12.4 Å². The summed E-state index contributed by atoms with van der Waals surface area (Å²) in [5, 5.41) is 4.01. The van der Waals surface area contributed by atoms with Crippen molar-refractivity contribution < 1.29 is 4.79 Å². The standard InChI is InChI=1S/C21H19Cl2N3O/c22-19-7-6-15(11-20(19)23)14-3-1-5-18(10-14)26-12-17(25-13-26)9-16-4-2-8-24-21(16)27/h1,3,5-7,10-13,16H,2,4,8-9H2,(H,24,27). The Morgan fingerprint density at radius 2 is 1.96 bits per heavy atom. The van der Waals surface area contributed by atoms with Crippen molar-refractivity contribution >= 4 is 29.1 Å². The fourth-order valence-corrected chi connectivity index (χ4v) is 3.71. The van der Waals surface area contributed by atoms with Crippen LogP contribution >= 0.6 is 23.2 Å². The lowest BCUT2D eigenvalue weighted by Gasteiger charge is -2.20. The van der Waals surface area contributed by atoms with E-state index in [-0.39, 0.29) is 11.8 Å². The summed E-state index contributed by atoms with van der Waals surface area (Å²) in [5.74, 6) is 0.155. The molecule has 4 rings (SSSR count). The van der Waals surface area contributed by atoms with Gasteiger partial charge in [0.25, 0.3) is 0 Å². The lowest BCUT2D eigenvalue weighted by molar-refractivity contribution is -0.126. The number of piperidine rings is 1. The second kappa shape index (κ2) is 7.75. The van der Waals surface area contributed by atoms with Crippen molar-refractivity contribution in [3.05, 3.63) is 70.7 Å². The highest BCUT2D eigenvalue weighted by Gasteiger charge is 2.23. The maximum absolute atomic E-state index is 12.0. The second-order valence-corrected chi connectivity index (χ2v) is 7.60. The number of aromatic nitrogens is 2. The number of carbonyl (C=O) groups is 1. The number of nitrogens with one attached hydrogen (secondary N) is 1. The van der Waals surface area contributed by atoms with Crippen LogP contribution in [0.5, 0.6) is 0 Å². The molecule has 0 radical (unpaired) electrons. The Hall–Kier alpha value is -2.30. The first-order valence-electron chi connectivity index (χ1n) is 8.96. The van der Waals surface area contributed by atoms with Gasteiger partial charge in [-0.25, -0.2) is 4.98 Å². The Balaban J connectivity index is 1.56. The van der Waals surface area contributed by atoms with Crippen LogP contribution in [0.1, 0.15) is 18.5 Å². The minimum absolute atomic E-state index is 0.0182. The molecule has 27 heavy (non-hydrogen) atoms. The molecule has 138 valence electrons. The highest BCUT2D eigenvalue weighted by molar-refractivity contribution is 6.42. The minimum Gasteiger partial charge on any atom is -0.356 e. The van der Waals surface area contributed by atoms with Crippen molar-refractivity contribution in [2.45, 2.75) is 19.3 Å². The molecule has 0 saturated carbocycles. The average molecular weight is 400 g/mol. The van der Waals surface area contributed by atoms with E-state index in [1.165, 1.54) is 0 Å². The van der Waals surface area contributed by atoms with Crippen LogP contribution in [0.15, 0.2) is 55.0 Å². The molecule has 2 heterocycles. The fourth-order valence-electron chi connectivity index (χ4n) is 3.41. The predicted molar refractivity (Wildman–Crippen MR) is 108 cm³/mol. The maximum atomic E-state index is 12.0. The largest absolute Gasteiger partial charge is 0.356 e. The van der Waals surface area contributed by atoms with Gasteiger partial charge in [-0.3, -0.25) is 4.79 Å². The maximum Gasteiger partial charge on any atom is 0.223 e. The number of carbonyl (C=O) groups excluding carboxylic acids is 1. The van der Waals surface area contributed by atoms with E-state index in [2.05, 4.69) is 16.4 Å². The van der Waals surface area contributed by atoms with Gasteiger partial charge in [0.15, 0.2) is 0 Å². The predicted octanol–water partition coefficient (Wildman–Crippen LogP) is 4.91. The van der Waals surface area contributed by atoms with Crippen LogP contribution in [0, 0.1) is 5.92 Å². The van der Waals surface area contributed by atoms with Crippen LogP contribution in [0.4, 0.5) is 0 Å². The fraction of sp³-hybridized carbons (Fsp3) is 0.238. The average Bonchev–Trinajstić information content (AvgIpc) is 3.15. The summed E-state index contributed by atoms with van der Waals surface area (Å²) in [5.41, 5.74) is 3.99. The molecule has 1 aliphatic rings. The third kappa shape index (κ3) is 4.02. The van der Waals surface area contributed by atoms with Crippen molar-refractivity contribution in [1.82, 2.24) is 14.9 Å². The number of rotatable bonds is 4. The summed E-state index contributed by atoms with van der Waals surface area (Å²) in [6.45, 7) is 0.783.